The summed E-state index contributed by atoms with van der Waals surface area (Å²) in [5.41, 5.74) is 0.599. The summed E-state index contributed by atoms with van der Waals surface area (Å²) in [4.78, 5) is 2.19. The van der Waals surface area contributed by atoms with Gasteiger partial charge in [-0.05, 0) is 50.7 Å². The predicted molar refractivity (Wildman–Crippen MR) is 72.7 cm³/mol. The van der Waals surface area contributed by atoms with Crippen LogP contribution in [0.1, 0.15) is 18.4 Å². The Labute approximate surface area is 113 Å². The number of nitrogens with zero attached hydrogens (tertiary/aromatic N) is 1. The zero-order valence-corrected chi connectivity index (χ0v) is 11.8. The van der Waals surface area contributed by atoms with E-state index in [1.807, 2.05) is 7.05 Å². The summed E-state index contributed by atoms with van der Waals surface area (Å²) < 4.78 is 39.5. The smallest absolute Gasteiger partial charge is 0.216 e. The number of hydrogen-bond donors (Lipinski definition) is 1. The van der Waals surface area contributed by atoms with E-state index in [0.717, 1.165) is 25.9 Å². The maximum atomic E-state index is 12.8. The normalized spacial score (nSPS) is 18.6. The highest BCUT2D eigenvalue weighted by Gasteiger charge is 2.22. The molecule has 0 unspecified atom stereocenters. The highest BCUT2D eigenvalue weighted by atomic mass is 32.2. The van der Waals surface area contributed by atoms with Crippen molar-refractivity contribution < 1.29 is 12.8 Å². The number of nitrogens with one attached hydrogen (secondary N) is 1. The third-order valence-corrected chi connectivity index (χ3v) is 4.74. The zero-order valence-electron chi connectivity index (χ0n) is 11.0. The molecule has 1 aliphatic rings. The van der Waals surface area contributed by atoms with Gasteiger partial charge in [0.1, 0.15) is 5.82 Å². The molecule has 0 aromatic heterocycles. The van der Waals surface area contributed by atoms with Crippen LogP contribution in [0.5, 0.6) is 0 Å². The molecule has 1 heterocycles. The average molecular weight is 286 g/mol. The Morgan fingerprint density at radius 3 is 2.42 bits per heavy atom. The van der Waals surface area contributed by atoms with Crippen LogP contribution in [-0.2, 0) is 15.8 Å². The maximum absolute atomic E-state index is 12.8. The fourth-order valence-corrected chi connectivity index (χ4v) is 3.68. The van der Waals surface area contributed by atoms with Crippen molar-refractivity contribution in [3.05, 3.63) is 35.6 Å². The van der Waals surface area contributed by atoms with Crippen LogP contribution in [0.15, 0.2) is 24.3 Å². The summed E-state index contributed by atoms with van der Waals surface area (Å²) in [5.74, 6) is -0.455. The molecule has 0 amide bonds. The predicted octanol–water partition coefficient (Wildman–Crippen LogP) is 1.34. The van der Waals surface area contributed by atoms with Crippen LogP contribution in [0.4, 0.5) is 4.39 Å². The minimum absolute atomic E-state index is 0.0154. The Balaban J connectivity index is 1.93. The molecule has 0 bridgehead atoms. The molecule has 106 valence electrons. The molecule has 0 atom stereocenters. The van der Waals surface area contributed by atoms with E-state index in [0.29, 0.717) is 5.56 Å². The summed E-state index contributed by atoms with van der Waals surface area (Å²) in [7, 11) is -1.32. The Bertz CT molecular complexity index is 508. The molecule has 1 aliphatic heterocycles. The van der Waals surface area contributed by atoms with Gasteiger partial charge in [-0.2, -0.15) is 0 Å². The molecule has 1 aromatic rings. The van der Waals surface area contributed by atoms with Crippen molar-refractivity contribution in [1.82, 2.24) is 9.62 Å². The van der Waals surface area contributed by atoms with Crippen LogP contribution in [-0.4, -0.2) is 39.5 Å². The van der Waals surface area contributed by atoms with Crippen LogP contribution in [0.25, 0.3) is 0 Å². The topological polar surface area (TPSA) is 49.4 Å². The van der Waals surface area contributed by atoms with Crippen LogP contribution in [0.2, 0.25) is 0 Å². The first-order chi connectivity index (χ1) is 8.94. The van der Waals surface area contributed by atoms with Gasteiger partial charge >= 0.3 is 0 Å². The molecule has 1 N–H and O–H groups in total. The van der Waals surface area contributed by atoms with Gasteiger partial charge in [0.2, 0.25) is 10.0 Å². The first-order valence-corrected chi connectivity index (χ1v) is 8.03. The third kappa shape index (κ3) is 4.56. The molecule has 0 radical (unpaired) electrons. The minimum atomic E-state index is -3.36. The molecule has 1 saturated heterocycles. The van der Waals surface area contributed by atoms with Gasteiger partial charge in [-0.15, -0.1) is 0 Å². The summed E-state index contributed by atoms with van der Waals surface area (Å²) >= 11 is 0. The van der Waals surface area contributed by atoms with E-state index in [1.54, 1.807) is 0 Å². The molecule has 0 spiro atoms. The second-order valence-corrected chi connectivity index (χ2v) is 6.83. The van der Waals surface area contributed by atoms with E-state index in [-0.39, 0.29) is 17.6 Å². The fourth-order valence-electron chi connectivity index (χ4n) is 2.22. The van der Waals surface area contributed by atoms with Gasteiger partial charge in [0.25, 0.3) is 0 Å². The molecule has 2 rings (SSSR count). The van der Waals surface area contributed by atoms with E-state index in [1.165, 1.54) is 24.3 Å². The first kappa shape index (κ1) is 14.4. The lowest BCUT2D eigenvalue weighted by atomic mass is 10.1. The largest absolute Gasteiger partial charge is 0.306 e. The Kier molecular flexibility index (Phi) is 4.54. The van der Waals surface area contributed by atoms with Gasteiger partial charge in [-0.1, -0.05) is 12.1 Å². The molecule has 0 aliphatic carbocycles. The van der Waals surface area contributed by atoms with Gasteiger partial charge in [0.05, 0.1) is 5.75 Å². The summed E-state index contributed by atoms with van der Waals surface area (Å²) in [6.07, 6.45) is 1.66. The number of sulfonamides is 1. The van der Waals surface area contributed by atoms with E-state index in [2.05, 4.69) is 9.62 Å². The quantitative estimate of drug-likeness (QED) is 0.908. The fraction of sp³-hybridized carbons (Fsp3) is 0.538. The number of piperidine rings is 1. The molecular formula is C13H19FN2O2S. The first-order valence-electron chi connectivity index (χ1n) is 6.37. The van der Waals surface area contributed by atoms with E-state index in [9.17, 15) is 12.8 Å². The number of likely N-dealkylation sites (tertiary alicyclic amines) is 1. The van der Waals surface area contributed by atoms with Gasteiger partial charge in [0, 0.05) is 6.04 Å². The number of halogens is 1. The molecule has 4 nitrogen and oxygen atoms in total. The number of rotatable bonds is 4. The highest BCUT2D eigenvalue weighted by Crippen LogP contribution is 2.12. The standard InChI is InChI=1S/C13H19FN2O2S/c1-16-8-6-13(7-9-16)15-19(17,18)10-11-2-4-12(14)5-3-11/h2-5,13,15H,6-10H2,1H3. The number of benzene rings is 1. The van der Waals surface area contributed by atoms with Crippen LogP contribution in [0.3, 0.4) is 0 Å². The van der Waals surface area contributed by atoms with Crippen molar-refractivity contribution in [3.8, 4) is 0 Å². The van der Waals surface area contributed by atoms with E-state index >= 15 is 0 Å². The van der Waals surface area contributed by atoms with Crippen molar-refractivity contribution >= 4 is 10.0 Å². The van der Waals surface area contributed by atoms with Crippen molar-refractivity contribution in [1.29, 1.82) is 0 Å². The van der Waals surface area contributed by atoms with Gasteiger partial charge in [-0.25, -0.2) is 17.5 Å². The Morgan fingerprint density at radius 1 is 1.26 bits per heavy atom. The monoisotopic (exact) mass is 286 g/mol. The van der Waals surface area contributed by atoms with Crippen molar-refractivity contribution in [2.24, 2.45) is 0 Å². The summed E-state index contributed by atoms with van der Waals surface area (Å²) in [6.45, 7) is 1.81. The highest BCUT2D eigenvalue weighted by molar-refractivity contribution is 7.88. The average Bonchev–Trinajstić information content (AvgIpc) is 2.34. The maximum Gasteiger partial charge on any atom is 0.216 e. The van der Waals surface area contributed by atoms with Crippen molar-refractivity contribution in [3.63, 3.8) is 0 Å². The SMILES string of the molecule is CN1CCC(NS(=O)(=O)Cc2ccc(F)cc2)CC1. The molecule has 6 heteroatoms. The minimum Gasteiger partial charge on any atom is -0.306 e. The van der Waals surface area contributed by atoms with Crippen LogP contribution >= 0.6 is 0 Å². The van der Waals surface area contributed by atoms with E-state index < -0.39 is 10.0 Å². The number of hydrogen-bond acceptors (Lipinski definition) is 3. The zero-order chi connectivity index (χ0) is 13.9. The van der Waals surface area contributed by atoms with Crippen molar-refractivity contribution in [2.45, 2.75) is 24.6 Å². The van der Waals surface area contributed by atoms with Crippen molar-refractivity contribution in [2.75, 3.05) is 20.1 Å². The summed E-state index contributed by atoms with van der Waals surface area (Å²) in [5, 5.41) is 0. The lowest BCUT2D eigenvalue weighted by Gasteiger charge is -2.29. The molecule has 1 aromatic carbocycles. The molecular weight excluding hydrogens is 267 g/mol. The van der Waals surface area contributed by atoms with Crippen LogP contribution < -0.4 is 4.72 Å². The van der Waals surface area contributed by atoms with Gasteiger partial charge < -0.3 is 4.90 Å². The van der Waals surface area contributed by atoms with Gasteiger partial charge in [0.15, 0.2) is 0 Å². The molecule has 1 fully saturated rings. The third-order valence-electron chi connectivity index (χ3n) is 3.33. The second kappa shape index (κ2) is 5.98. The van der Waals surface area contributed by atoms with Gasteiger partial charge in [-0.3, -0.25) is 0 Å². The Hall–Kier alpha value is -0.980. The Morgan fingerprint density at radius 2 is 1.84 bits per heavy atom. The summed E-state index contributed by atoms with van der Waals surface area (Å²) in [6, 6.07) is 5.58. The lowest BCUT2D eigenvalue weighted by molar-refractivity contribution is 0.248. The van der Waals surface area contributed by atoms with Crippen LogP contribution in [0, 0.1) is 5.82 Å². The molecule has 0 saturated carbocycles. The lowest BCUT2D eigenvalue weighted by Crippen LogP contribution is -2.43. The molecule has 19 heavy (non-hydrogen) atoms. The van der Waals surface area contributed by atoms with E-state index in [4.69, 9.17) is 0 Å². The second-order valence-electron chi connectivity index (χ2n) is 5.08.